The Morgan fingerprint density at radius 1 is 0.370 bits per heavy atom. The molecule has 0 spiro atoms. The summed E-state index contributed by atoms with van der Waals surface area (Å²) < 4.78 is 20.1. The highest BCUT2D eigenvalue weighted by atomic mass is 31.2. The number of benzene rings is 7. The normalized spacial score (nSPS) is 15.6. The summed E-state index contributed by atoms with van der Waals surface area (Å²) >= 11 is 0. The molecule has 9 aromatic rings. The van der Waals surface area contributed by atoms with Crippen LogP contribution in [-0.2, 0) is 4.57 Å². The van der Waals surface area contributed by atoms with Crippen molar-refractivity contribution >= 4 is 66.7 Å². The Hall–Kier alpha value is -5.63. The predicted octanol–water partition coefficient (Wildman–Crippen LogP) is 9.50. The number of hydrogen-bond acceptors (Lipinski definition) is 1. The first-order chi connectivity index (χ1) is 22.7. The lowest BCUT2D eigenvalue weighted by Crippen LogP contribution is -2.20. The molecule has 0 bridgehead atoms. The van der Waals surface area contributed by atoms with Crippen molar-refractivity contribution < 1.29 is 4.57 Å². The molecule has 7 aromatic carbocycles. The molecule has 216 valence electrons. The second-order valence-corrected chi connectivity index (χ2v) is 14.8. The van der Waals surface area contributed by atoms with Crippen molar-refractivity contribution in [2.24, 2.45) is 0 Å². The third-order valence-electron chi connectivity index (χ3n) is 9.71. The minimum Gasteiger partial charge on any atom is -0.309 e. The Labute approximate surface area is 266 Å². The maximum absolute atomic E-state index is 15.3. The third kappa shape index (κ3) is 3.36. The zero-order chi connectivity index (χ0) is 30.4. The highest BCUT2D eigenvalue weighted by Gasteiger charge is 2.40. The quantitative estimate of drug-likeness (QED) is 0.184. The molecule has 0 aliphatic carbocycles. The van der Waals surface area contributed by atoms with Crippen LogP contribution in [0.1, 0.15) is 0 Å². The molecule has 1 aliphatic rings. The van der Waals surface area contributed by atoms with Crippen LogP contribution in [0.5, 0.6) is 0 Å². The lowest BCUT2D eigenvalue weighted by Gasteiger charge is -2.16. The summed E-state index contributed by atoms with van der Waals surface area (Å²) in [4.78, 5) is 0. The third-order valence-corrected chi connectivity index (χ3v) is 12.9. The number of hydrogen-bond donors (Lipinski definition) is 0. The van der Waals surface area contributed by atoms with Crippen LogP contribution in [-0.4, -0.2) is 9.13 Å². The Bertz CT molecular complexity index is 2720. The number of nitrogens with zero attached hydrogens (tertiary/aromatic N) is 2. The van der Waals surface area contributed by atoms with E-state index in [0.29, 0.717) is 0 Å². The molecule has 1 aliphatic heterocycles. The van der Waals surface area contributed by atoms with Gasteiger partial charge in [0.2, 0.25) is 0 Å². The molecule has 1 atom stereocenters. The van der Waals surface area contributed by atoms with Gasteiger partial charge in [-0.3, -0.25) is 0 Å². The van der Waals surface area contributed by atoms with E-state index < -0.39 is 7.14 Å². The average molecular weight is 607 g/mol. The number of aromatic nitrogens is 2. The van der Waals surface area contributed by atoms with Gasteiger partial charge in [0.15, 0.2) is 7.14 Å². The first kappa shape index (κ1) is 25.7. The fourth-order valence-corrected chi connectivity index (χ4v) is 10.8. The van der Waals surface area contributed by atoms with Crippen LogP contribution in [0.3, 0.4) is 0 Å². The zero-order valence-corrected chi connectivity index (χ0v) is 25.7. The summed E-state index contributed by atoms with van der Waals surface area (Å²) in [7, 11) is -3.05. The summed E-state index contributed by atoms with van der Waals surface area (Å²) in [6.07, 6.45) is 0. The maximum Gasteiger partial charge on any atom is 0.172 e. The van der Waals surface area contributed by atoms with E-state index in [2.05, 4.69) is 137 Å². The Morgan fingerprint density at radius 3 is 1.70 bits per heavy atom. The highest BCUT2D eigenvalue weighted by molar-refractivity contribution is 7.86. The summed E-state index contributed by atoms with van der Waals surface area (Å²) in [6.45, 7) is 0. The smallest absolute Gasteiger partial charge is 0.172 e. The Balaban J connectivity index is 1.30. The molecule has 0 saturated carbocycles. The van der Waals surface area contributed by atoms with Crippen LogP contribution in [0.2, 0.25) is 0 Å². The van der Waals surface area contributed by atoms with E-state index in [9.17, 15) is 0 Å². The van der Waals surface area contributed by atoms with Crippen LogP contribution < -0.4 is 15.9 Å². The van der Waals surface area contributed by atoms with Gasteiger partial charge in [0.25, 0.3) is 0 Å². The van der Waals surface area contributed by atoms with Gasteiger partial charge in [0.1, 0.15) is 0 Å². The maximum atomic E-state index is 15.3. The monoisotopic (exact) mass is 606 g/mol. The Morgan fingerprint density at radius 2 is 0.935 bits per heavy atom. The molecule has 0 N–H and O–H groups in total. The molecule has 2 aromatic heterocycles. The Kier molecular flexibility index (Phi) is 5.27. The van der Waals surface area contributed by atoms with Crippen LogP contribution in [0, 0.1) is 0 Å². The predicted molar refractivity (Wildman–Crippen MR) is 194 cm³/mol. The van der Waals surface area contributed by atoms with E-state index in [1.807, 2.05) is 36.4 Å². The fourth-order valence-electron chi connectivity index (χ4n) is 7.73. The van der Waals surface area contributed by atoms with E-state index in [1.165, 1.54) is 16.3 Å². The molecule has 0 saturated heterocycles. The van der Waals surface area contributed by atoms with E-state index >= 15 is 4.57 Å². The average Bonchev–Trinajstić information content (AvgIpc) is 3.72. The molecule has 0 radical (unpaired) electrons. The van der Waals surface area contributed by atoms with Gasteiger partial charge in [-0.2, -0.15) is 0 Å². The molecule has 1 unspecified atom stereocenters. The minimum atomic E-state index is -3.05. The van der Waals surface area contributed by atoms with Gasteiger partial charge in [-0.15, -0.1) is 0 Å². The van der Waals surface area contributed by atoms with Gasteiger partial charge in [-0.25, -0.2) is 0 Å². The van der Waals surface area contributed by atoms with Crippen LogP contribution in [0.15, 0.2) is 164 Å². The minimum absolute atomic E-state index is 0.878. The van der Waals surface area contributed by atoms with Gasteiger partial charge in [0.05, 0.1) is 22.1 Å². The molecule has 46 heavy (non-hydrogen) atoms. The molecular weight excluding hydrogens is 579 g/mol. The lowest BCUT2D eigenvalue weighted by atomic mass is 10.0. The van der Waals surface area contributed by atoms with E-state index in [1.54, 1.807) is 0 Å². The second-order valence-electron chi connectivity index (χ2n) is 12.1. The van der Waals surface area contributed by atoms with E-state index in [-0.39, 0.29) is 0 Å². The lowest BCUT2D eigenvalue weighted by molar-refractivity contribution is 0.593. The van der Waals surface area contributed by atoms with Crippen LogP contribution in [0.4, 0.5) is 0 Å². The van der Waals surface area contributed by atoms with Crippen LogP contribution in [0.25, 0.3) is 66.1 Å². The molecule has 3 heterocycles. The standard InChI is InChI=1S/C42H27N2OP/c45-46(30-15-5-2-6-16-30)41-22-12-9-19-34(41)36-26-40-35(27-42(36)46)32-18-8-11-21-38(32)44(40)29-23-24-33-31-17-7-10-20-37(31)43(39(33)25-29)28-13-3-1-4-14-28/h1-27H. The van der Waals surface area contributed by atoms with Crippen molar-refractivity contribution in [2.75, 3.05) is 0 Å². The summed E-state index contributed by atoms with van der Waals surface area (Å²) in [5.74, 6) is 0. The first-order valence-corrected chi connectivity index (χ1v) is 17.3. The van der Waals surface area contributed by atoms with Gasteiger partial charge < -0.3 is 13.7 Å². The zero-order valence-electron chi connectivity index (χ0n) is 24.8. The van der Waals surface area contributed by atoms with E-state index in [0.717, 1.165) is 65.7 Å². The van der Waals surface area contributed by atoms with Gasteiger partial charge >= 0.3 is 0 Å². The molecule has 3 nitrogen and oxygen atoms in total. The molecule has 10 rings (SSSR count). The topological polar surface area (TPSA) is 26.9 Å². The van der Waals surface area contributed by atoms with Crippen LogP contribution >= 0.6 is 7.14 Å². The van der Waals surface area contributed by atoms with Crippen molar-refractivity contribution in [1.29, 1.82) is 0 Å². The number of rotatable bonds is 3. The van der Waals surface area contributed by atoms with Crippen molar-refractivity contribution in [2.45, 2.75) is 0 Å². The second kappa shape index (κ2) is 9.44. The van der Waals surface area contributed by atoms with Crippen molar-refractivity contribution in [3.8, 4) is 22.5 Å². The summed E-state index contributed by atoms with van der Waals surface area (Å²) in [5, 5.41) is 7.46. The SMILES string of the molecule is O=P1(c2ccccc2)c2ccccc2-c2cc3c(cc21)c1ccccc1n3-c1ccc2c3ccccc3n(-c3ccccc3)c2c1. The number of para-hydroxylation sites is 3. The van der Waals surface area contributed by atoms with E-state index in [4.69, 9.17) is 0 Å². The van der Waals surface area contributed by atoms with Crippen molar-refractivity contribution in [3.63, 3.8) is 0 Å². The summed E-state index contributed by atoms with van der Waals surface area (Å²) in [6, 6.07) is 57.4. The summed E-state index contributed by atoms with van der Waals surface area (Å²) in [5.41, 5.74) is 8.94. The molecule has 0 amide bonds. The van der Waals surface area contributed by atoms with Crippen molar-refractivity contribution in [1.82, 2.24) is 9.13 Å². The molecule has 4 heteroatoms. The first-order valence-electron chi connectivity index (χ1n) is 15.6. The van der Waals surface area contributed by atoms with Crippen molar-refractivity contribution in [3.05, 3.63) is 164 Å². The van der Waals surface area contributed by atoms with Gasteiger partial charge in [-0.1, -0.05) is 115 Å². The highest BCUT2D eigenvalue weighted by Crippen LogP contribution is 2.53. The fraction of sp³-hybridized carbons (Fsp3) is 0. The number of fused-ring (bicyclic) bond motifs is 9. The molecular formula is C42H27N2OP. The largest absolute Gasteiger partial charge is 0.309 e. The van der Waals surface area contributed by atoms with Gasteiger partial charge in [-0.05, 0) is 59.7 Å². The van der Waals surface area contributed by atoms with Gasteiger partial charge in [0, 0.05) is 48.8 Å². The molecule has 0 fully saturated rings.